The summed E-state index contributed by atoms with van der Waals surface area (Å²) < 4.78 is 5.74. The smallest absolute Gasteiger partial charge is 0.240 e. The Hall–Kier alpha value is -1.48. The van der Waals surface area contributed by atoms with Crippen LogP contribution in [0.2, 0.25) is 10.0 Å². The van der Waals surface area contributed by atoms with Crippen molar-refractivity contribution in [2.75, 3.05) is 13.2 Å². The predicted octanol–water partition coefficient (Wildman–Crippen LogP) is 3.01. The van der Waals surface area contributed by atoms with Crippen molar-refractivity contribution in [1.29, 1.82) is 5.26 Å². The van der Waals surface area contributed by atoms with Crippen LogP contribution in [0.25, 0.3) is 0 Å². The highest BCUT2D eigenvalue weighted by Gasteiger charge is 2.37. The minimum Gasteiger partial charge on any atom is -0.489 e. The van der Waals surface area contributed by atoms with Gasteiger partial charge in [-0.15, -0.1) is 0 Å². The topological polar surface area (TPSA) is 65.4 Å². The summed E-state index contributed by atoms with van der Waals surface area (Å²) in [6, 6.07) is 6.98. The molecular weight excluding hydrogens is 349 g/mol. The molecule has 0 saturated carbocycles. The van der Waals surface area contributed by atoms with Crippen molar-refractivity contribution in [2.24, 2.45) is 0 Å². The molecule has 1 N–H and O–H groups in total. The van der Waals surface area contributed by atoms with E-state index in [4.69, 9.17) is 33.2 Å². The Morgan fingerprint density at radius 1 is 1.33 bits per heavy atom. The van der Waals surface area contributed by atoms with Gasteiger partial charge in [-0.25, -0.2) is 0 Å². The number of halogens is 2. The van der Waals surface area contributed by atoms with E-state index >= 15 is 0 Å². The van der Waals surface area contributed by atoms with Gasteiger partial charge in [0.15, 0.2) is 5.75 Å². The van der Waals surface area contributed by atoms with Crippen molar-refractivity contribution in [3.63, 3.8) is 0 Å². The summed E-state index contributed by atoms with van der Waals surface area (Å²) in [7, 11) is 0. The Balaban J connectivity index is 1.54. The molecule has 1 amide bonds. The lowest BCUT2D eigenvalue weighted by atomic mass is 10.1. The molecule has 3 rings (SSSR count). The fourth-order valence-corrected chi connectivity index (χ4v) is 3.82. The maximum absolute atomic E-state index is 12.6. The van der Waals surface area contributed by atoms with Crippen LogP contribution in [-0.2, 0) is 4.79 Å². The van der Waals surface area contributed by atoms with E-state index in [1.807, 2.05) is 0 Å². The molecule has 7 heteroatoms. The summed E-state index contributed by atoms with van der Waals surface area (Å²) in [6.07, 6.45) is 3.25. The number of benzene rings is 1. The van der Waals surface area contributed by atoms with E-state index in [9.17, 15) is 4.79 Å². The van der Waals surface area contributed by atoms with Crippen LogP contribution in [-0.4, -0.2) is 42.1 Å². The second kappa shape index (κ2) is 7.60. The third-order valence-electron chi connectivity index (χ3n) is 4.57. The van der Waals surface area contributed by atoms with E-state index in [2.05, 4.69) is 11.4 Å². The van der Waals surface area contributed by atoms with Gasteiger partial charge in [0.25, 0.3) is 0 Å². The van der Waals surface area contributed by atoms with Crippen LogP contribution in [0.15, 0.2) is 18.2 Å². The van der Waals surface area contributed by atoms with Gasteiger partial charge in [-0.1, -0.05) is 29.3 Å². The Morgan fingerprint density at radius 2 is 2.08 bits per heavy atom. The zero-order chi connectivity index (χ0) is 17.1. The maximum Gasteiger partial charge on any atom is 0.240 e. The molecule has 2 fully saturated rings. The molecule has 0 aliphatic carbocycles. The molecule has 2 saturated heterocycles. The number of hydrogen-bond acceptors (Lipinski definition) is 4. The number of ether oxygens (including phenoxy) is 1. The fraction of sp³-hybridized carbons (Fsp3) is 0.529. The number of carbonyl (C=O) groups is 1. The van der Waals surface area contributed by atoms with Crippen molar-refractivity contribution in [3.05, 3.63) is 28.2 Å². The quantitative estimate of drug-likeness (QED) is 0.887. The van der Waals surface area contributed by atoms with Crippen molar-refractivity contribution in [2.45, 2.75) is 43.8 Å². The number of hydrogen-bond donors (Lipinski definition) is 1. The Labute approximate surface area is 151 Å². The first kappa shape index (κ1) is 17.3. The predicted molar refractivity (Wildman–Crippen MR) is 92.3 cm³/mol. The SMILES string of the molecule is N#CC1CCCN1C(=O)[C@@H]1CC[C@H](COc2c(Cl)cccc2Cl)N1. The minimum absolute atomic E-state index is 0.0253. The first-order valence-corrected chi connectivity index (χ1v) is 8.88. The summed E-state index contributed by atoms with van der Waals surface area (Å²) in [5, 5.41) is 13.4. The summed E-state index contributed by atoms with van der Waals surface area (Å²) in [5.74, 6) is 0.499. The number of nitrogens with zero attached hydrogens (tertiary/aromatic N) is 2. The van der Waals surface area contributed by atoms with Gasteiger partial charge in [0.1, 0.15) is 12.6 Å². The molecular formula is C17H19Cl2N3O2. The number of para-hydroxylation sites is 1. The molecule has 0 spiro atoms. The highest BCUT2D eigenvalue weighted by Crippen LogP contribution is 2.32. The van der Waals surface area contributed by atoms with Crippen LogP contribution in [0, 0.1) is 11.3 Å². The normalized spacial score (nSPS) is 26.4. The van der Waals surface area contributed by atoms with Crippen molar-refractivity contribution >= 4 is 29.1 Å². The zero-order valence-corrected chi connectivity index (χ0v) is 14.7. The van der Waals surface area contributed by atoms with E-state index in [-0.39, 0.29) is 24.0 Å². The van der Waals surface area contributed by atoms with Crippen LogP contribution in [0.1, 0.15) is 25.7 Å². The van der Waals surface area contributed by atoms with E-state index in [1.165, 1.54) is 0 Å². The first-order chi connectivity index (χ1) is 11.6. The van der Waals surface area contributed by atoms with Gasteiger partial charge in [-0.2, -0.15) is 5.26 Å². The molecule has 1 aromatic carbocycles. The second-order valence-electron chi connectivity index (χ2n) is 6.17. The molecule has 1 aromatic rings. The molecule has 0 aromatic heterocycles. The Morgan fingerprint density at radius 3 is 2.79 bits per heavy atom. The number of nitrogens with one attached hydrogen (secondary N) is 1. The lowest BCUT2D eigenvalue weighted by molar-refractivity contribution is -0.133. The van der Waals surface area contributed by atoms with E-state index < -0.39 is 0 Å². The Bertz CT molecular complexity index is 641. The molecule has 2 aliphatic rings. The standard InChI is InChI=1S/C17H19Cl2N3O2/c18-13-4-1-5-14(19)16(13)24-10-11-6-7-15(21-11)17(23)22-8-2-3-12(22)9-20/h1,4-5,11-12,15,21H,2-3,6-8,10H2/t11-,12?,15+/m1/s1. The third-order valence-corrected chi connectivity index (χ3v) is 5.17. The summed E-state index contributed by atoms with van der Waals surface area (Å²) in [4.78, 5) is 14.3. The largest absolute Gasteiger partial charge is 0.489 e. The van der Waals surface area contributed by atoms with Crippen molar-refractivity contribution < 1.29 is 9.53 Å². The van der Waals surface area contributed by atoms with E-state index in [0.717, 1.165) is 25.7 Å². The number of likely N-dealkylation sites (tertiary alicyclic amines) is 1. The van der Waals surface area contributed by atoms with Crippen molar-refractivity contribution in [1.82, 2.24) is 10.2 Å². The van der Waals surface area contributed by atoms with Crippen LogP contribution in [0.5, 0.6) is 5.75 Å². The highest BCUT2D eigenvalue weighted by atomic mass is 35.5. The number of nitriles is 1. The van der Waals surface area contributed by atoms with Crippen molar-refractivity contribution in [3.8, 4) is 11.8 Å². The fourth-order valence-electron chi connectivity index (χ4n) is 3.31. The average Bonchev–Trinajstić information content (AvgIpc) is 3.23. The molecule has 0 bridgehead atoms. The zero-order valence-electron chi connectivity index (χ0n) is 13.2. The number of rotatable bonds is 4. The van der Waals surface area contributed by atoms with Crippen LogP contribution in [0.3, 0.4) is 0 Å². The van der Waals surface area contributed by atoms with Crippen LogP contribution < -0.4 is 10.1 Å². The third kappa shape index (κ3) is 3.61. The molecule has 2 aliphatic heterocycles. The average molecular weight is 368 g/mol. The lowest BCUT2D eigenvalue weighted by Gasteiger charge is -2.24. The molecule has 24 heavy (non-hydrogen) atoms. The van der Waals surface area contributed by atoms with Gasteiger partial charge in [0.2, 0.25) is 5.91 Å². The van der Waals surface area contributed by atoms with Gasteiger partial charge in [0, 0.05) is 12.6 Å². The summed E-state index contributed by atoms with van der Waals surface area (Å²) in [5.41, 5.74) is 0. The molecule has 3 atom stereocenters. The Kier molecular flexibility index (Phi) is 5.50. The van der Waals surface area contributed by atoms with E-state index in [1.54, 1.807) is 23.1 Å². The monoisotopic (exact) mass is 367 g/mol. The maximum atomic E-state index is 12.6. The second-order valence-corrected chi connectivity index (χ2v) is 6.99. The van der Waals surface area contributed by atoms with E-state index in [0.29, 0.717) is 28.9 Å². The number of amides is 1. The van der Waals surface area contributed by atoms with Crippen LogP contribution in [0.4, 0.5) is 0 Å². The lowest BCUT2D eigenvalue weighted by Crippen LogP contribution is -2.47. The molecule has 0 radical (unpaired) electrons. The van der Waals surface area contributed by atoms with Gasteiger partial charge in [-0.05, 0) is 37.8 Å². The van der Waals surface area contributed by atoms with Gasteiger partial charge < -0.3 is 9.64 Å². The molecule has 1 unspecified atom stereocenters. The summed E-state index contributed by atoms with van der Waals surface area (Å²) >= 11 is 12.2. The molecule has 5 nitrogen and oxygen atoms in total. The van der Waals surface area contributed by atoms with Gasteiger partial charge in [0.05, 0.1) is 22.2 Å². The molecule has 128 valence electrons. The minimum atomic E-state index is -0.281. The summed E-state index contributed by atoms with van der Waals surface area (Å²) in [6.45, 7) is 1.07. The van der Waals surface area contributed by atoms with Gasteiger partial charge in [-0.3, -0.25) is 10.1 Å². The highest BCUT2D eigenvalue weighted by molar-refractivity contribution is 6.37. The number of carbonyl (C=O) groups excluding carboxylic acids is 1. The van der Waals surface area contributed by atoms with Crippen LogP contribution >= 0.6 is 23.2 Å². The first-order valence-electron chi connectivity index (χ1n) is 8.13. The molecule has 2 heterocycles. The van der Waals surface area contributed by atoms with Gasteiger partial charge >= 0.3 is 0 Å².